The Morgan fingerprint density at radius 3 is 2.50 bits per heavy atom. The molecule has 34 heavy (non-hydrogen) atoms. The van der Waals surface area contributed by atoms with E-state index in [1.807, 2.05) is 18.2 Å². The summed E-state index contributed by atoms with van der Waals surface area (Å²) in [6.45, 7) is 1.03. The highest BCUT2D eigenvalue weighted by atomic mass is 35.5. The van der Waals surface area contributed by atoms with Gasteiger partial charge < -0.3 is 20.1 Å². The molecule has 2 heterocycles. The van der Waals surface area contributed by atoms with Gasteiger partial charge in [0.25, 0.3) is 0 Å². The molecule has 0 amide bonds. The lowest BCUT2D eigenvalue weighted by Gasteiger charge is -2.15. The highest BCUT2D eigenvalue weighted by Crippen LogP contribution is 2.46. The summed E-state index contributed by atoms with van der Waals surface area (Å²) in [4.78, 5) is 9.07. The van der Waals surface area contributed by atoms with Crippen LogP contribution in [0.4, 0.5) is 5.95 Å². The summed E-state index contributed by atoms with van der Waals surface area (Å²) in [7, 11) is -0.149. The van der Waals surface area contributed by atoms with Crippen LogP contribution in [0.1, 0.15) is 6.42 Å². The maximum atomic E-state index is 11.3. The van der Waals surface area contributed by atoms with Crippen molar-refractivity contribution < 1.29 is 17.9 Å². The Kier molecular flexibility index (Phi) is 7.34. The van der Waals surface area contributed by atoms with Crippen molar-refractivity contribution in [3.8, 4) is 22.6 Å². The first-order valence-electron chi connectivity index (χ1n) is 10.5. The molecular formula is C22H25Cl2N5O4S. The summed E-state index contributed by atoms with van der Waals surface area (Å²) < 4.78 is 35.9. The predicted octanol–water partition coefficient (Wildman–Crippen LogP) is 3.31. The number of aromatic nitrogens is 2. The van der Waals surface area contributed by atoms with Gasteiger partial charge in [0.1, 0.15) is 11.5 Å². The van der Waals surface area contributed by atoms with Crippen molar-refractivity contribution in [2.75, 3.05) is 38.9 Å². The van der Waals surface area contributed by atoms with Crippen LogP contribution in [0.3, 0.4) is 0 Å². The average molecular weight is 526 g/mol. The fourth-order valence-corrected chi connectivity index (χ4v) is 5.14. The highest BCUT2D eigenvalue weighted by molar-refractivity contribution is 7.88. The molecule has 1 aromatic heterocycles. The lowest BCUT2D eigenvalue weighted by atomic mass is 10.0. The number of rotatable bonds is 8. The lowest BCUT2D eigenvalue weighted by Crippen LogP contribution is -2.36. The van der Waals surface area contributed by atoms with Crippen molar-refractivity contribution in [2.45, 2.75) is 18.5 Å². The van der Waals surface area contributed by atoms with E-state index in [1.165, 1.54) is 14.2 Å². The molecule has 1 fully saturated rings. The number of anilines is 1. The summed E-state index contributed by atoms with van der Waals surface area (Å²) in [6, 6.07) is 7.46. The van der Waals surface area contributed by atoms with Crippen molar-refractivity contribution in [2.24, 2.45) is 0 Å². The van der Waals surface area contributed by atoms with E-state index in [4.69, 9.17) is 32.7 Å². The van der Waals surface area contributed by atoms with Crippen molar-refractivity contribution in [3.05, 3.63) is 40.5 Å². The van der Waals surface area contributed by atoms with E-state index in [2.05, 4.69) is 25.3 Å². The third-order valence-corrected chi connectivity index (χ3v) is 7.03. The molecule has 2 aromatic carbocycles. The van der Waals surface area contributed by atoms with Crippen LogP contribution in [0.5, 0.6) is 11.5 Å². The zero-order chi connectivity index (χ0) is 24.5. The second kappa shape index (κ2) is 10.1. The maximum absolute atomic E-state index is 11.3. The third kappa shape index (κ3) is 5.47. The summed E-state index contributed by atoms with van der Waals surface area (Å²) >= 11 is 13.1. The molecule has 2 atom stereocenters. The molecule has 0 aliphatic carbocycles. The van der Waals surface area contributed by atoms with Crippen molar-refractivity contribution >= 4 is 50.1 Å². The molecule has 0 spiro atoms. The molecule has 1 saturated heterocycles. The Labute approximate surface area is 208 Å². The number of benzene rings is 2. The lowest BCUT2D eigenvalue weighted by molar-refractivity contribution is 0.395. The topological polar surface area (TPSA) is 114 Å². The van der Waals surface area contributed by atoms with Gasteiger partial charge in [0.05, 0.1) is 36.0 Å². The number of nitrogens with one attached hydrogen (secondary N) is 3. The molecule has 3 aromatic rings. The van der Waals surface area contributed by atoms with Gasteiger partial charge in [-0.1, -0.05) is 29.3 Å². The second-order valence-corrected chi connectivity index (χ2v) is 10.6. The number of halogens is 2. The van der Waals surface area contributed by atoms with Crippen LogP contribution in [0.15, 0.2) is 30.5 Å². The van der Waals surface area contributed by atoms with Crippen LogP contribution >= 0.6 is 23.2 Å². The Bertz CT molecular complexity index is 1290. The maximum Gasteiger partial charge on any atom is 0.223 e. The van der Waals surface area contributed by atoms with Gasteiger partial charge >= 0.3 is 0 Å². The number of methoxy groups -OCH3 is 2. The quantitative estimate of drug-likeness (QED) is 0.410. The van der Waals surface area contributed by atoms with Crippen LogP contribution < -0.4 is 24.8 Å². The first kappa shape index (κ1) is 24.7. The van der Waals surface area contributed by atoms with Crippen molar-refractivity contribution in [1.82, 2.24) is 20.0 Å². The highest BCUT2D eigenvalue weighted by Gasteiger charge is 2.25. The van der Waals surface area contributed by atoms with Crippen LogP contribution in [-0.4, -0.2) is 64.0 Å². The Hall–Kier alpha value is -2.37. The van der Waals surface area contributed by atoms with E-state index < -0.39 is 10.0 Å². The number of fused-ring (bicyclic) bond motifs is 1. The van der Waals surface area contributed by atoms with Gasteiger partial charge in [0, 0.05) is 48.4 Å². The van der Waals surface area contributed by atoms with Gasteiger partial charge in [-0.05, 0) is 24.1 Å². The number of nitrogens with zero attached hydrogens (tertiary/aromatic N) is 2. The smallest absolute Gasteiger partial charge is 0.223 e. The number of hydrogen-bond donors (Lipinski definition) is 3. The van der Waals surface area contributed by atoms with Crippen molar-refractivity contribution in [3.63, 3.8) is 0 Å². The van der Waals surface area contributed by atoms with Gasteiger partial charge in [-0.3, -0.25) is 0 Å². The molecule has 4 rings (SSSR count). The van der Waals surface area contributed by atoms with E-state index in [-0.39, 0.29) is 12.1 Å². The van der Waals surface area contributed by atoms with E-state index in [1.54, 1.807) is 12.3 Å². The van der Waals surface area contributed by atoms with Crippen molar-refractivity contribution in [1.29, 1.82) is 0 Å². The molecule has 3 N–H and O–H groups in total. The minimum atomic E-state index is -3.22. The molecule has 0 radical (unpaired) electrons. The number of sulfonamides is 1. The second-order valence-electron chi connectivity index (χ2n) is 8.05. The molecule has 2 unspecified atom stereocenters. The standard InChI is InChI=1S/C22H25Cl2N5O4S/c1-32-17-8-18(33-2)21(24)19(20(17)23)12-4-5-16-13(6-12)9-26-22(29-16)28-15-7-14(25-10-15)11-27-34(3,30)31/h4-6,8-9,14-15,25,27H,7,10-11H2,1-3H3,(H,26,28,29). The Morgan fingerprint density at radius 1 is 1.15 bits per heavy atom. The monoisotopic (exact) mass is 525 g/mol. The first-order valence-corrected chi connectivity index (χ1v) is 13.1. The zero-order valence-corrected chi connectivity index (χ0v) is 21.2. The molecule has 1 aliphatic rings. The third-order valence-electron chi connectivity index (χ3n) is 5.59. The van der Waals surface area contributed by atoms with Gasteiger partial charge in [0.2, 0.25) is 16.0 Å². The van der Waals surface area contributed by atoms with E-state index in [0.717, 1.165) is 29.1 Å². The van der Waals surface area contributed by atoms with Crippen LogP contribution in [0.2, 0.25) is 10.0 Å². The van der Waals surface area contributed by atoms with E-state index >= 15 is 0 Å². The van der Waals surface area contributed by atoms with Crippen LogP contribution in [0.25, 0.3) is 22.0 Å². The van der Waals surface area contributed by atoms with Gasteiger partial charge in [-0.2, -0.15) is 0 Å². The van der Waals surface area contributed by atoms with E-state index in [9.17, 15) is 8.42 Å². The summed E-state index contributed by atoms with van der Waals surface area (Å²) in [5.41, 5.74) is 2.14. The SMILES string of the molecule is COc1cc(OC)c(Cl)c(-c2ccc3nc(NC4CNC(CNS(C)(=O)=O)C4)ncc3c2)c1Cl. The molecule has 0 saturated carbocycles. The zero-order valence-electron chi connectivity index (χ0n) is 18.9. The molecule has 0 bridgehead atoms. The summed E-state index contributed by atoms with van der Waals surface area (Å²) in [6.07, 6.45) is 3.63. The minimum absolute atomic E-state index is 0.0459. The summed E-state index contributed by atoms with van der Waals surface area (Å²) in [5.74, 6) is 1.43. The van der Waals surface area contributed by atoms with Crippen LogP contribution in [-0.2, 0) is 10.0 Å². The fraction of sp³-hybridized carbons (Fsp3) is 0.364. The normalized spacial score (nSPS) is 18.3. The summed E-state index contributed by atoms with van der Waals surface area (Å²) in [5, 5.41) is 8.21. The number of hydrogen-bond acceptors (Lipinski definition) is 8. The molecule has 12 heteroatoms. The molecular weight excluding hydrogens is 501 g/mol. The number of ether oxygens (including phenoxy) is 2. The predicted molar refractivity (Wildman–Crippen MR) is 135 cm³/mol. The average Bonchev–Trinajstić information content (AvgIpc) is 3.25. The van der Waals surface area contributed by atoms with Gasteiger partial charge in [-0.25, -0.2) is 23.1 Å². The van der Waals surface area contributed by atoms with Crippen LogP contribution in [0, 0.1) is 0 Å². The Morgan fingerprint density at radius 2 is 1.85 bits per heavy atom. The first-order chi connectivity index (χ1) is 16.2. The molecule has 1 aliphatic heterocycles. The van der Waals surface area contributed by atoms with Gasteiger partial charge in [0.15, 0.2) is 0 Å². The van der Waals surface area contributed by atoms with Gasteiger partial charge in [-0.15, -0.1) is 0 Å². The fourth-order valence-electron chi connectivity index (χ4n) is 3.92. The van der Waals surface area contributed by atoms with E-state index in [0.29, 0.717) is 46.1 Å². The minimum Gasteiger partial charge on any atom is -0.495 e. The largest absolute Gasteiger partial charge is 0.495 e. The Balaban J connectivity index is 1.54. The molecule has 182 valence electrons. The molecule has 9 nitrogen and oxygen atoms in total.